The van der Waals surface area contributed by atoms with Gasteiger partial charge < -0.3 is 15.6 Å². The number of nitrogens with one attached hydrogen (secondary N) is 1. The molecule has 5 nitrogen and oxygen atoms in total. The largest absolute Gasteiger partial charge is 0.355 e. The van der Waals surface area contributed by atoms with Crippen LogP contribution in [0.15, 0.2) is 30.6 Å². The summed E-state index contributed by atoms with van der Waals surface area (Å²) in [6.45, 7) is 7.35. The molecular weight excluding hydrogens is 264 g/mol. The zero-order chi connectivity index (χ0) is 15.5. The van der Waals surface area contributed by atoms with Crippen LogP contribution in [0.25, 0.3) is 11.0 Å². The molecule has 2 rings (SSSR count). The Hall–Kier alpha value is -1.88. The average molecular weight is 288 g/mol. The fourth-order valence-corrected chi connectivity index (χ4v) is 2.15. The molecule has 0 aliphatic heterocycles. The molecule has 21 heavy (non-hydrogen) atoms. The van der Waals surface area contributed by atoms with Gasteiger partial charge in [-0.05, 0) is 24.0 Å². The topological polar surface area (TPSA) is 72.9 Å². The van der Waals surface area contributed by atoms with E-state index in [1.165, 1.54) is 0 Å². The highest BCUT2D eigenvalue weighted by atomic mass is 16.2. The first-order valence-corrected chi connectivity index (χ1v) is 7.33. The summed E-state index contributed by atoms with van der Waals surface area (Å²) < 4.78 is 2.10. The Kier molecular flexibility index (Phi) is 4.63. The summed E-state index contributed by atoms with van der Waals surface area (Å²) >= 11 is 0. The van der Waals surface area contributed by atoms with Crippen molar-refractivity contribution in [2.45, 2.75) is 39.8 Å². The minimum absolute atomic E-state index is 0.0852. The van der Waals surface area contributed by atoms with Crippen molar-refractivity contribution in [3.8, 4) is 0 Å². The van der Waals surface area contributed by atoms with Gasteiger partial charge in [0, 0.05) is 13.1 Å². The second-order valence-corrected chi connectivity index (χ2v) is 6.41. The van der Waals surface area contributed by atoms with E-state index in [1.807, 2.05) is 45.3 Å². The van der Waals surface area contributed by atoms with Gasteiger partial charge in [-0.1, -0.05) is 32.9 Å². The normalized spacial score (nSPS) is 13.3. The lowest BCUT2D eigenvalue weighted by Crippen LogP contribution is -2.48. The van der Waals surface area contributed by atoms with E-state index in [4.69, 9.17) is 5.73 Å². The number of hydrogen-bond acceptors (Lipinski definition) is 3. The molecule has 0 bridgehead atoms. The number of aryl methyl sites for hydroxylation is 1. The minimum Gasteiger partial charge on any atom is -0.355 e. The van der Waals surface area contributed by atoms with Crippen molar-refractivity contribution >= 4 is 16.9 Å². The molecule has 1 atom stereocenters. The van der Waals surface area contributed by atoms with Crippen molar-refractivity contribution in [1.82, 2.24) is 14.9 Å². The number of imidazole rings is 1. The predicted octanol–water partition coefficient (Wildman–Crippen LogP) is 1.92. The Labute approximate surface area is 125 Å². The fourth-order valence-electron chi connectivity index (χ4n) is 2.15. The van der Waals surface area contributed by atoms with Gasteiger partial charge in [0.25, 0.3) is 0 Å². The number of carbonyl (C=O) groups excluding carboxylic acids is 1. The van der Waals surface area contributed by atoms with Gasteiger partial charge in [0.15, 0.2) is 0 Å². The van der Waals surface area contributed by atoms with Crippen LogP contribution in [-0.2, 0) is 11.3 Å². The van der Waals surface area contributed by atoms with Gasteiger partial charge in [-0.3, -0.25) is 4.79 Å². The van der Waals surface area contributed by atoms with Crippen molar-refractivity contribution in [1.29, 1.82) is 0 Å². The molecule has 0 aliphatic rings. The molecule has 1 aromatic carbocycles. The van der Waals surface area contributed by atoms with Crippen LogP contribution in [0.3, 0.4) is 0 Å². The maximum atomic E-state index is 11.9. The molecule has 0 saturated heterocycles. The van der Waals surface area contributed by atoms with Gasteiger partial charge >= 0.3 is 0 Å². The third-order valence-corrected chi connectivity index (χ3v) is 3.62. The van der Waals surface area contributed by atoms with E-state index in [1.54, 1.807) is 0 Å². The quantitative estimate of drug-likeness (QED) is 0.826. The summed E-state index contributed by atoms with van der Waals surface area (Å²) in [5, 5.41) is 2.90. The molecule has 0 spiro atoms. The summed E-state index contributed by atoms with van der Waals surface area (Å²) in [5.41, 5.74) is 7.82. The molecular formula is C16H24N4O. The van der Waals surface area contributed by atoms with E-state index in [-0.39, 0.29) is 11.3 Å². The van der Waals surface area contributed by atoms with Crippen molar-refractivity contribution in [3.05, 3.63) is 30.6 Å². The number of hydrogen-bond donors (Lipinski definition) is 2. The molecule has 0 saturated carbocycles. The van der Waals surface area contributed by atoms with E-state index < -0.39 is 6.04 Å². The Bertz CT molecular complexity index is 612. The highest BCUT2D eigenvalue weighted by Crippen LogP contribution is 2.17. The van der Waals surface area contributed by atoms with Gasteiger partial charge in [0.1, 0.15) is 0 Å². The number of benzene rings is 1. The summed E-state index contributed by atoms with van der Waals surface area (Å²) in [5.74, 6) is -0.0852. The number of fused-ring (bicyclic) bond motifs is 1. The number of aromatic nitrogens is 2. The molecule has 1 aromatic heterocycles. The fraction of sp³-hybridized carbons (Fsp3) is 0.500. The molecule has 114 valence electrons. The first-order valence-electron chi connectivity index (χ1n) is 7.33. The van der Waals surface area contributed by atoms with Crippen molar-refractivity contribution in [2.75, 3.05) is 6.54 Å². The smallest absolute Gasteiger partial charge is 0.237 e. The summed E-state index contributed by atoms with van der Waals surface area (Å²) in [6, 6.07) is 7.55. The van der Waals surface area contributed by atoms with Crippen LogP contribution in [0.1, 0.15) is 27.2 Å². The third-order valence-electron chi connectivity index (χ3n) is 3.62. The maximum absolute atomic E-state index is 11.9. The average Bonchev–Trinajstić information content (AvgIpc) is 2.85. The molecule has 2 aromatic rings. The number of nitrogens with zero attached hydrogens (tertiary/aromatic N) is 2. The van der Waals surface area contributed by atoms with Crippen LogP contribution in [-0.4, -0.2) is 28.0 Å². The Balaban J connectivity index is 1.81. The van der Waals surface area contributed by atoms with Crippen LogP contribution in [0.5, 0.6) is 0 Å². The van der Waals surface area contributed by atoms with Gasteiger partial charge in [-0.15, -0.1) is 0 Å². The monoisotopic (exact) mass is 288 g/mol. The Morgan fingerprint density at radius 1 is 1.38 bits per heavy atom. The number of nitrogens with two attached hydrogens (primary N) is 1. The number of para-hydroxylation sites is 2. The Morgan fingerprint density at radius 2 is 2.10 bits per heavy atom. The molecule has 0 radical (unpaired) electrons. The second-order valence-electron chi connectivity index (χ2n) is 6.41. The standard InChI is InChI=1S/C16H24N4O/c1-16(2,3)14(17)15(21)18-9-6-10-20-11-19-12-7-4-5-8-13(12)20/h4-5,7-8,11,14H,6,9-10,17H2,1-3H3,(H,18,21). The van der Waals surface area contributed by atoms with Gasteiger partial charge in [-0.25, -0.2) is 4.98 Å². The van der Waals surface area contributed by atoms with E-state index in [0.29, 0.717) is 6.54 Å². The molecule has 1 unspecified atom stereocenters. The van der Waals surface area contributed by atoms with E-state index >= 15 is 0 Å². The Morgan fingerprint density at radius 3 is 2.81 bits per heavy atom. The van der Waals surface area contributed by atoms with E-state index in [0.717, 1.165) is 24.0 Å². The zero-order valence-corrected chi connectivity index (χ0v) is 13.0. The lowest BCUT2D eigenvalue weighted by Gasteiger charge is -2.25. The summed E-state index contributed by atoms with van der Waals surface area (Å²) in [6.07, 6.45) is 2.69. The van der Waals surface area contributed by atoms with Gasteiger partial charge in [0.05, 0.1) is 23.4 Å². The lowest BCUT2D eigenvalue weighted by atomic mass is 9.87. The molecule has 1 amide bonds. The summed E-state index contributed by atoms with van der Waals surface area (Å²) in [7, 11) is 0. The van der Waals surface area contributed by atoms with Crippen LogP contribution < -0.4 is 11.1 Å². The highest BCUT2D eigenvalue weighted by molar-refractivity contribution is 5.82. The second kappa shape index (κ2) is 6.26. The highest BCUT2D eigenvalue weighted by Gasteiger charge is 2.26. The van der Waals surface area contributed by atoms with Crippen LogP contribution in [0, 0.1) is 5.41 Å². The molecule has 1 heterocycles. The molecule has 5 heteroatoms. The SMILES string of the molecule is CC(C)(C)C(N)C(=O)NCCCn1cnc2ccccc21. The zero-order valence-electron chi connectivity index (χ0n) is 13.0. The van der Waals surface area contributed by atoms with Gasteiger partial charge in [0.2, 0.25) is 5.91 Å². The van der Waals surface area contributed by atoms with Crippen LogP contribution >= 0.6 is 0 Å². The van der Waals surface area contributed by atoms with Crippen molar-refractivity contribution < 1.29 is 4.79 Å². The first kappa shape index (κ1) is 15.5. The molecule has 0 aliphatic carbocycles. The first-order chi connectivity index (χ1) is 9.89. The van der Waals surface area contributed by atoms with Crippen molar-refractivity contribution in [2.24, 2.45) is 11.1 Å². The predicted molar refractivity (Wildman–Crippen MR) is 84.8 cm³/mol. The summed E-state index contributed by atoms with van der Waals surface area (Å²) in [4.78, 5) is 16.3. The number of amides is 1. The van der Waals surface area contributed by atoms with E-state index in [9.17, 15) is 4.79 Å². The van der Waals surface area contributed by atoms with Crippen LogP contribution in [0.2, 0.25) is 0 Å². The number of rotatable bonds is 5. The van der Waals surface area contributed by atoms with Crippen LogP contribution in [0.4, 0.5) is 0 Å². The van der Waals surface area contributed by atoms with Crippen molar-refractivity contribution in [3.63, 3.8) is 0 Å². The van der Waals surface area contributed by atoms with Gasteiger partial charge in [-0.2, -0.15) is 0 Å². The third kappa shape index (κ3) is 3.82. The lowest BCUT2D eigenvalue weighted by molar-refractivity contribution is -0.124. The molecule has 3 N–H and O–H groups in total. The minimum atomic E-state index is -0.480. The maximum Gasteiger partial charge on any atom is 0.237 e. The van der Waals surface area contributed by atoms with E-state index in [2.05, 4.69) is 20.9 Å². The number of carbonyl (C=O) groups is 1. The molecule has 0 fully saturated rings.